The number of aromatic amines is 1. The van der Waals surface area contributed by atoms with Crippen molar-refractivity contribution in [3.05, 3.63) is 59.7 Å². The third-order valence-electron chi connectivity index (χ3n) is 2.85. The predicted octanol–water partition coefficient (Wildman–Crippen LogP) is 2.86. The molecule has 2 heterocycles. The van der Waals surface area contributed by atoms with E-state index < -0.39 is 0 Å². The molecule has 4 heteroatoms. The van der Waals surface area contributed by atoms with Crippen molar-refractivity contribution in [3.8, 4) is 6.07 Å². The van der Waals surface area contributed by atoms with E-state index in [0.717, 1.165) is 5.52 Å². The van der Waals surface area contributed by atoms with Crippen molar-refractivity contribution < 1.29 is 9.21 Å². The number of carbonyl (C=O) groups excluding carboxylic acids is 1. The molecule has 1 aromatic carbocycles. The Bertz CT molecular complexity index is 761. The van der Waals surface area contributed by atoms with Crippen molar-refractivity contribution in [3.63, 3.8) is 0 Å². The van der Waals surface area contributed by atoms with Gasteiger partial charge < -0.3 is 9.40 Å². The van der Waals surface area contributed by atoms with Gasteiger partial charge in [-0.1, -0.05) is 6.07 Å². The van der Waals surface area contributed by atoms with Crippen molar-refractivity contribution >= 4 is 16.7 Å². The number of nitrogens with one attached hydrogen (secondary N) is 1. The molecule has 3 aromatic rings. The Morgan fingerprint density at radius 2 is 2.22 bits per heavy atom. The van der Waals surface area contributed by atoms with E-state index in [4.69, 9.17) is 9.68 Å². The van der Waals surface area contributed by atoms with E-state index in [9.17, 15) is 4.79 Å². The van der Waals surface area contributed by atoms with Crippen LogP contribution in [-0.4, -0.2) is 10.8 Å². The fraction of sp³-hybridized carbons (Fsp3) is 0. The SMILES string of the molecule is N#Cc1cccc2[nH]cc(C(=O)c3ccoc3)c12. The lowest BCUT2D eigenvalue weighted by Gasteiger charge is -1.97. The van der Waals surface area contributed by atoms with Gasteiger partial charge in [0.05, 0.1) is 23.5 Å². The minimum atomic E-state index is -0.155. The number of nitriles is 1. The Kier molecular flexibility index (Phi) is 2.24. The monoisotopic (exact) mass is 236 g/mol. The number of nitrogens with zero attached hydrogens (tertiary/aromatic N) is 1. The Morgan fingerprint density at radius 3 is 2.94 bits per heavy atom. The van der Waals surface area contributed by atoms with E-state index in [1.165, 1.54) is 12.5 Å². The first kappa shape index (κ1) is 10.4. The Balaban J connectivity index is 2.25. The summed E-state index contributed by atoms with van der Waals surface area (Å²) in [7, 11) is 0. The number of rotatable bonds is 2. The van der Waals surface area contributed by atoms with Crippen LogP contribution >= 0.6 is 0 Å². The molecule has 0 aliphatic rings. The fourth-order valence-electron chi connectivity index (χ4n) is 2.01. The first-order chi connectivity index (χ1) is 8.81. The smallest absolute Gasteiger partial charge is 0.198 e. The van der Waals surface area contributed by atoms with Gasteiger partial charge in [0.15, 0.2) is 5.78 Å². The molecular formula is C14H8N2O2. The first-order valence-electron chi connectivity index (χ1n) is 5.38. The highest BCUT2D eigenvalue weighted by Gasteiger charge is 2.17. The second-order valence-electron chi connectivity index (χ2n) is 3.88. The molecule has 0 spiro atoms. The molecule has 2 aromatic heterocycles. The zero-order valence-corrected chi connectivity index (χ0v) is 9.31. The van der Waals surface area contributed by atoms with E-state index in [-0.39, 0.29) is 5.78 Å². The summed E-state index contributed by atoms with van der Waals surface area (Å²) in [6.45, 7) is 0. The Hall–Kier alpha value is -2.80. The third-order valence-corrected chi connectivity index (χ3v) is 2.85. The molecular weight excluding hydrogens is 228 g/mol. The molecule has 0 amide bonds. The summed E-state index contributed by atoms with van der Waals surface area (Å²) in [4.78, 5) is 15.3. The molecule has 3 rings (SSSR count). The second kappa shape index (κ2) is 3.90. The topological polar surface area (TPSA) is 69.8 Å². The molecule has 18 heavy (non-hydrogen) atoms. The number of fused-ring (bicyclic) bond motifs is 1. The summed E-state index contributed by atoms with van der Waals surface area (Å²) in [6, 6.07) is 9.02. The maximum Gasteiger partial charge on any atom is 0.198 e. The van der Waals surface area contributed by atoms with Gasteiger partial charge in [0.1, 0.15) is 6.26 Å². The molecule has 0 aliphatic heterocycles. The third kappa shape index (κ3) is 1.42. The highest BCUT2D eigenvalue weighted by molar-refractivity contribution is 6.17. The number of hydrogen-bond donors (Lipinski definition) is 1. The van der Waals surface area contributed by atoms with Crippen molar-refractivity contribution in [1.29, 1.82) is 5.26 Å². The van der Waals surface area contributed by atoms with Crippen molar-refractivity contribution in [2.24, 2.45) is 0 Å². The number of hydrogen-bond acceptors (Lipinski definition) is 3. The van der Waals surface area contributed by atoms with Crippen LogP contribution in [0, 0.1) is 11.3 Å². The zero-order valence-electron chi connectivity index (χ0n) is 9.31. The van der Waals surface area contributed by atoms with Crippen molar-refractivity contribution in [2.45, 2.75) is 0 Å². The summed E-state index contributed by atoms with van der Waals surface area (Å²) >= 11 is 0. The van der Waals surface area contributed by atoms with Crippen LogP contribution < -0.4 is 0 Å². The second-order valence-corrected chi connectivity index (χ2v) is 3.88. The number of ketones is 1. The lowest BCUT2D eigenvalue weighted by Crippen LogP contribution is -1.98. The van der Waals surface area contributed by atoms with Crippen LogP contribution in [0.3, 0.4) is 0 Å². The van der Waals surface area contributed by atoms with Gasteiger partial charge in [0.25, 0.3) is 0 Å². The Morgan fingerprint density at radius 1 is 1.33 bits per heavy atom. The van der Waals surface area contributed by atoms with E-state index in [0.29, 0.717) is 22.1 Å². The van der Waals surface area contributed by atoms with Crippen LogP contribution in [0.2, 0.25) is 0 Å². The van der Waals surface area contributed by atoms with Crippen LogP contribution in [0.15, 0.2) is 47.4 Å². The minimum absolute atomic E-state index is 0.155. The number of aromatic nitrogens is 1. The molecule has 0 saturated carbocycles. The zero-order chi connectivity index (χ0) is 12.5. The molecule has 0 radical (unpaired) electrons. The van der Waals surface area contributed by atoms with Crippen LogP contribution in [0.25, 0.3) is 10.9 Å². The molecule has 86 valence electrons. The molecule has 0 atom stereocenters. The molecule has 0 aliphatic carbocycles. The van der Waals surface area contributed by atoms with E-state index in [1.807, 2.05) is 6.07 Å². The van der Waals surface area contributed by atoms with Crippen molar-refractivity contribution in [1.82, 2.24) is 4.98 Å². The maximum atomic E-state index is 12.3. The lowest BCUT2D eigenvalue weighted by molar-refractivity contribution is 0.103. The molecule has 0 unspecified atom stereocenters. The van der Waals surface area contributed by atoms with Gasteiger partial charge in [-0.25, -0.2) is 0 Å². The first-order valence-corrected chi connectivity index (χ1v) is 5.38. The van der Waals surface area contributed by atoms with E-state index in [1.54, 1.807) is 24.4 Å². The van der Waals surface area contributed by atoms with E-state index >= 15 is 0 Å². The standard InChI is InChI=1S/C14H8N2O2/c15-6-9-2-1-3-12-13(9)11(7-16-12)14(17)10-4-5-18-8-10/h1-5,7-8,16H. The molecule has 0 bridgehead atoms. The number of benzene rings is 1. The average molecular weight is 236 g/mol. The van der Waals surface area contributed by atoms with Crippen LogP contribution in [0.4, 0.5) is 0 Å². The van der Waals surface area contributed by atoms with E-state index in [2.05, 4.69) is 11.1 Å². The highest BCUT2D eigenvalue weighted by atomic mass is 16.3. The van der Waals surface area contributed by atoms with Crippen molar-refractivity contribution in [2.75, 3.05) is 0 Å². The fourth-order valence-corrected chi connectivity index (χ4v) is 2.01. The molecule has 4 nitrogen and oxygen atoms in total. The molecule has 0 saturated heterocycles. The summed E-state index contributed by atoms with van der Waals surface area (Å²) < 4.78 is 4.91. The van der Waals surface area contributed by atoms with Gasteiger partial charge in [0.2, 0.25) is 0 Å². The Labute approximate surface area is 102 Å². The summed E-state index contributed by atoms with van der Waals surface area (Å²) in [6.07, 6.45) is 4.48. The lowest BCUT2D eigenvalue weighted by atomic mass is 10.0. The van der Waals surface area contributed by atoms with Crippen LogP contribution in [0.5, 0.6) is 0 Å². The van der Waals surface area contributed by atoms with Crippen LogP contribution in [-0.2, 0) is 0 Å². The maximum absolute atomic E-state index is 12.3. The quantitative estimate of drug-likeness (QED) is 0.695. The van der Waals surface area contributed by atoms with Gasteiger partial charge in [-0.3, -0.25) is 4.79 Å². The van der Waals surface area contributed by atoms with Gasteiger partial charge in [-0.2, -0.15) is 5.26 Å². The average Bonchev–Trinajstić information content (AvgIpc) is 3.06. The predicted molar refractivity (Wildman–Crippen MR) is 65.2 cm³/mol. The largest absolute Gasteiger partial charge is 0.472 e. The summed E-state index contributed by atoms with van der Waals surface area (Å²) in [5.41, 5.74) is 2.23. The normalized spacial score (nSPS) is 10.4. The summed E-state index contributed by atoms with van der Waals surface area (Å²) in [5.74, 6) is -0.155. The minimum Gasteiger partial charge on any atom is -0.472 e. The summed E-state index contributed by atoms with van der Waals surface area (Å²) in [5, 5.41) is 9.76. The van der Waals surface area contributed by atoms with Gasteiger partial charge in [0, 0.05) is 22.7 Å². The van der Waals surface area contributed by atoms with Gasteiger partial charge in [-0.05, 0) is 18.2 Å². The van der Waals surface area contributed by atoms with Gasteiger partial charge >= 0.3 is 0 Å². The van der Waals surface area contributed by atoms with Gasteiger partial charge in [-0.15, -0.1) is 0 Å². The molecule has 0 fully saturated rings. The molecule has 1 N–H and O–H groups in total. The number of H-pyrrole nitrogens is 1. The number of furan rings is 1. The highest BCUT2D eigenvalue weighted by Crippen LogP contribution is 2.24. The van der Waals surface area contributed by atoms with Crippen LogP contribution in [0.1, 0.15) is 21.5 Å². The number of carbonyl (C=O) groups is 1.